The quantitative estimate of drug-likeness (QED) is 0.660. The number of carbonyl (C=O) groups excluding carboxylic acids is 1. The second-order valence-corrected chi connectivity index (χ2v) is 6.49. The first kappa shape index (κ1) is 17.2. The fourth-order valence-corrected chi connectivity index (χ4v) is 3.04. The van der Waals surface area contributed by atoms with Crippen LogP contribution in [0.4, 0.5) is 4.39 Å². The smallest absolute Gasteiger partial charge is 0.251 e. The number of rotatable bonds is 6. The maximum atomic E-state index is 13.3. The zero-order valence-corrected chi connectivity index (χ0v) is 14.4. The third-order valence-electron chi connectivity index (χ3n) is 3.68. The molecule has 0 saturated carbocycles. The van der Waals surface area contributed by atoms with Crippen molar-refractivity contribution in [2.24, 2.45) is 0 Å². The number of H-pyrrole nitrogens is 1. The van der Waals surface area contributed by atoms with Crippen molar-refractivity contribution in [2.75, 3.05) is 0 Å². The first-order valence-electron chi connectivity index (χ1n) is 7.75. The average molecular weight is 356 g/mol. The van der Waals surface area contributed by atoms with Gasteiger partial charge in [0.15, 0.2) is 5.16 Å². The highest BCUT2D eigenvalue weighted by Crippen LogP contribution is 2.19. The van der Waals surface area contributed by atoms with Gasteiger partial charge in [0.2, 0.25) is 0 Å². The van der Waals surface area contributed by atoms with E-state index in [9.17, 15) is 9.18 Å². The molecule has 25 heavy (non-hydrogen) atoms. The van der Waals surface area contributed by atoms with Crippen molar-refractivity contribution in [3.8, 4) is 0 Å². The van der Waals surface area contributed by atoms with Gasteiger partial charge in [-0.3, -0.25) is 9.89 Å². The Bertz CT molecular complexity index is 837. The van der Waals surface area contributed by atoms with Gasteiger partial charge in [0.05, 0.1) is 6.04 Å². The number of aromatic amines is 1. The van der Waals surface area contributed by atoms with Crippen LogP contribution in [0, 0.1) is 5.82 Å². The minimum absolute atomic E-state index is 0.189. The maximum Gasteiger partial charge on any atom is 0.251 e. The maximum absolute atomic E-state index is 13.3. The van der Waals surface area contributed by atoms with Gasteiger partial charge in [0.25, 0.3) is 5.91 Å². The Morgan fingerprint density at radius 1 is 1.28 bits per heavy atom. The van der Waals surface area contributed by atoms with Gasteiger partial charge in [-0.1, -0.05) is 36.0 Å². The molecule has 0 unspecified atom stereocenters. The van der Waals surface area contributed by atoms with Crippen molar-refractivity contribution in [1.82, 2.24) is 20.5 Å². The van der Waals surface area contributed by atoms with E-state index in [0.29, 0.717) is 5.56 Å². The van der Waals surface area contributed by atoms with Gasteiger partial charge in [-0.15, -0.1) is 0 Å². The highest BCUT2D eigenvalue weighted by atomic mass is 32.2. The molecule has 0 spiro atoms. The van der Waals surface area contributed by atoms with Gasteiger partial charge in [-0.05, 0) is 42.3 Å². The molecule has 5 nitrogen and oxygen atoms in total. The predicted octanol–water partition coefficient (Wildman–Crippen LogP) is 3.73. The lowest BCUT2D eigenvalue weighted by Crippen LogP contribution is -2.26. The van der Waals surface area contributed by atoms with Crippen molar-refractivity contribution in [2.45, 2.75) is 23.9 Å². The van der Waals surface area contributed by atoms with Crippen molar-refractivity contribution < 1.29 is 9.18 Å². The Morgan fingerprint density at radius 3 is 2.76 bits per heavy atom. The molecule has 0 aliphatic rings. The summed E-state index contributed by atoms with van der Waals surface area (Å²) in [4.78, 5) is 16.4. The van der Waals surface area contributed by atoms with Crippen molar-refractivity contribution in [3.05, 3.63) is 77.4 Å². The molecule has 2 aromatic carbocycles. The minimum atomic E-state index is -0.313. The Hall–Kier alpha value is -2.67. The molecule has 3 aromatic rings. The molecule has 0 bridgehead atoms. The molecule has 2 N–H and O–H groups in total. The Balaban J connectivity index is 1.58. The number of carbonyl (C=O) groups is 1. The van der Waals surface area contributed by atoms with E-state index in [0.717, 1.165) is 22.0 Å². The molecule has 0 aliphatic heterocycles. The highest BCUT2D eigenvalue weighted by Gasteiger charge is 2.12. The number of halogens is 1. The first-order valence-corrected chi connectivity index (χ1v) is 8.74. The van der Waals surface area contributed by atoms with Gasteiger partial charge in [-0.2, -0.15) is 5.10 Å². The van der Waals surface area contributed by atoms with Gasteiger partial charge < -0.3 is 5.32 Å². The largest absolute Gasteiger partial charge is 0.346 e. The van der Waals surface area contributed by atoms with Crippen LogP contribution in [0.15, 0.2) is 60.0 Å². The molecule has 7 heteroatoms. The van der Waals surface area contributed by atoms with E-state index in [4.69, 9.17) is 0 Å². The molecule has 1 atom stereocenters. The third-order valence-corrected chi connectivity index (χ3v) is 4.63. The minimum Gasteiger partial charge on any atom is -0.346 e. The number of benzene rings is 2. The molecule has 0 fully saturated rings. The lowest BCUT2D eigenvalue weighted by molar-refractivity contribution is 0.0940. The summed E-state index contributed by atoms with van der Waals surface area (Å²) in [5, 5.41) is 10.2. The number of thioether (sulfide) groups is 1. The normalized spacial score (nSPS) is 11.9. The molecular formula is C18H17FN4OS. The summed E-state index contributed by atoms with van der Waals surface area (Å²) in [5.41, 5.74) is 2.38. The number of aromatic nitrogens is 3. The summed E-state index contributed by atoms with van der Waals surface area (Å²) in [6.07, 6.45) is 1.47. The monoisotopic (exact) mass is 356 g/mol. The number of nitrogens with zero attached hydrogens (tertiary/aromatic N) is 2. The first-order chi connectivity index (χ1) is 12.1. The molecule has 1 amide bonds. The Morgan fingerprint density at radius 2 is 2.08 bits per heavy atom. The predicted molar refractivity (Wildman–Crippen MR) is 94.7 cm³/mol. The van der Waals surface area contributed by atoms with Gasteiger partial charge in [0.1, 0.15) is 12.1 Å². The number of hydrogen-bond acceptors (Lipinski definition) is 4. The summed E-state index contributed by atoms with van der Waals surface area (Å²) >= 11 is 1.54. The van der Waals surface area contributed by atoms with Crippen molar-refractivity contribution >= 4 is 17.7 Å². The summed E-state index contributed by atoms with van der Waals surface area (Å²) < 4.78 is 13.3. The van der Waals surface area contributed by atoms with Crippen LogP contribution in [0.3, 0.4) is 0 Å². The zero-order chi connectivity index (χ0) is 17.6. The molecule has 0 aliphatic carbocycles. The van der Waals surface area contributed by atoms with E-state index < -0.39 is 0 Å². The number of amides is 1. The third kappa shape index (κ3) is 4.67. The molecule has 128 valence electrons. The molecule has 0 radical (unpaired) electrons. The summed E-state index contributed by atoms with van der Waals surface area (Å²) in [7, 11) is 0. The van der Waals surface area contributed by atoms with E-state index >= 15 is 0 Å². The molecule has 1 aromatic heterocycles. The van der Waals surface area contributed by atoms with Crippen LogP contribution < -0.4 is 5.32 Å². The molecular weight excluding hydrogens is 339 g/mol. The van der Waals surface area contributed by atoms with Crippen molar-refractivity contribution in [3.63, 3.8) is 0 Å². The topological polar surface area (TPSA) is 70.7 Å². The van der Waals surface area contributed by atoms with Crippen LogP contribution in [-0.2, 0) is 5.75 Å². The lowest BCUT2D eigenvalue weighted by atomic mass is 10.1. The van der Waals surface area contributed by atoms with Gasteiger partial charge in [0, 0.05) is 11.3 Å². The Kier molecular flexibility index (Phi) is 5.45. The van der Waals surface area contributed by atoms with Crippen LogP contribution in [-0.4, -0.2) is 21.1 Å². The van der Waals surface area contributed by atoms with Gasteiger partial charge in [-0.25, -0.2) is 9.37 Å². The van der Waals surface area contributed by atoms with Crippen LogP contribution in [0.1, 0.15) is 34.5 Å². The summed E-state index contributed by atoms with van der Waals surface area (Å²) in [6.45, 7) is 1.83. The fraction of sp³-hybridized carbons (Fsp3) is 0.167. The summed E-state index contributed by atoms with van der Waals surface area (Å²) in [5.74, 6) is 0.231. The lowest BCUT2D eigenvalue weighted by Gasteiger charge is -2.14. The second kappa shape index (κ2) is 7.94. The Labute approximate surface area is 149 Å². The van der Waals surface area contributed by atoms with Crippen LogP contribution in [0.25, 0.3) is 0 Å². The fourth-order valence-electron chi connectivity index (χ4n) is 2.31. The summed E-state index contributed by atoms with van der Waals surface area (Å²) in [6, 6.07) is 13.3. The van der Waals surface area contributed by atoms with Crippen LogP contribution in [0.5, 0.6) is 0 Å². The van der Waals surface area contributed by atoms with E-state index in [1.54, 1.807) is 24.3 Å². The second-order valence-electron chi connectivity index (χ2n) is 5.53. The van der Waals surface area contributed by atoms with E-state index in [1.807, 2.05) is 19.1 Å². The number of nitrogens with one attached hydrogen (secondary N) is 2. The van der Waals surface area contributed by atoms with Crippen molar-refractivity contribution in [1.29, 1.82) is 0 Å². The van der Waals surface area contributed by atoms with E-state index in [2.05, 4.69) is 20.5 Å². The van der Waals surface area contributed by atoms with Gasteiger partial charge >= 0.3 is 0 Å². The molecule has 3 rings (SSSR count). The SMILES string of the molecule is C[C@@H](NC(=O)c1ccc(CSc2ncn[nH]2)cc1)c1cccc(F)c1. The standard InChI is InChI=1S/C18H17FN4OS/c1-12(15-3-2-4-16(19)9-15)22-17(24)14-7-5-13(6-8-14)10-25-18-20-11-21-23-18/h2-9,11-12H,10H2,1H3,(H,22,24)(H,20,21,23)/t12-/m1/s1. The van der Waals surface area contributed by atoms with Crippen LogP contribution >= 0.6 is 11.8 Å². The highest BCUT2D eigenvalue weighted by molar-refractivity contribution is 7.98. The molecule has 1 heterocycles. The zero-order valence-electron chi connectivity index (χ0n) is 13.6. The number of hydrogen-bond donors (Lipinski definition) is 2. The molecule has 0 saturated heterocycles. The average Bonchev–Trinajstić information content (AvgIpc) is 3.14. The van der Waals surface area contributed by atoms with E-state index in [-0.39, 0.29) is 17.8 Å². The van der Waals surface area contributed by atoms with E-state index in [1.165, 1.54) is 30.2 Å². The van der Waals surface area contributed by atoms with Crippen LogP contribution in [0.2, 0.25) is 0 Å².